The normalized spacial score (nSPS) is 10.4. The molecule has 18 heavy (non-hydrogen) atoms. The maximum atomic E-state index is 13.6. The number of anilines is 1. The van der Waals surface area contributed by atoms with E-state index in [1.807, 2.05) is 6.07 Å². The van der Waals surface area contributed by atoms with Gasteiger partial charge in [0, 0.05) is 19.6 Å². The summed E-state index contributed by atoms with van der Waals surface area (Å²) in [6, 6.07) is 6.80. The molecule has 0 fully saturated rings. The Morgan fingerprint density at radius 2 is 1.89 bits per heavy atom. The minimum atomic E-state index is -0.294. The Hall–Kier alpha value is -0.460. The Morgan fingerprint density at radius 3 is 2.56 bits per heavy atom. The number of nitrogens with zero attached hydrogens (tertiary/aromatic N) is 1. The molecule has 1 N–H and O–H groups in total. The lowest BCUT2D eigenvalue weighted by Crippen LogP contribution is -2.04. The van der Waals surface area contributed by atoms with Crippen molar-refractivity contribution >= 4 is 53.5 Å². The van der Waals surface area contributed by atoms with Crippen LogP contribution in [0.1, 0.15) is 5.69 Å². The van der Waals surface area contributed by atoms with Gasteiger partial charge in [0.2, 0.25) is 0 Å². The van der Waals surface area contributed by atoms with E-state index >= 15 is 0 Å². The number of benzene rings is 1. The summed E-state index contributed by atoms with van der Waals surface area (Å²) in [5.74, 6) is -0.294. The van der Waals surface area contributed by atoms with Gasteiger partial charge in [-0.25, -0.2) is 4.39 Å². The van der Waals surface area contributed by atoms with E-state index < -0.39 is 0 Å². The van der Waals surface area contributed by atoms with Crippen molar-refractivity contribution in [3.05, 3.63) is 55.4 Å². The van der Waals surface area contributed by atoms with Gasteiger partial charge in [-0.05, 0) is 56.1 Å². The SMILES string of the molecule is Fc1cc(Br)ccc1NCc1ncc(Br)cc1Br. The van der Waals surface area contributed by atoms with Crippen molar-refractivity contribution in [2.45, 2.75) is 6.54 Å². The molecule has 1 heterocycles. The van der Waals surface area contributed by atoms with Crippen LogP contribution in [-0.2, 0) is 6.54 Å². The lowest BCUT2D eigenvalue weighted by Gasteiger charge is -2.09. The van der Waals surface area contributed by atoms with Crippen LogP contribution in [0.25, 0.3) is 0 Å². The lowest BCUT2D eigenvalue weighted by molar-refractivity contribution is 0.629. The minimum absolute atomic E-state index is 0.294. The Balaban J connectivity index is 2.11. The molecule has 0 unspecified atom stereocenters. The molecule has 0 saturated heterocycles. The highest BCUT2D eigenvalue weighted by Gasteiger charge is 2.05. The van der Waals surface area contributed by atoms with Gasteiger partial charge >= 0.3 is 0 Å². The zero-order valence-corrected chi connectivity index (χ0v) is 13.8. The summed E-state index contributed by atoms with van der Waals surface area (Å²) in [5, 5.41) is 3.01. The van der Waals surface area contributed by atoms with E-state index in [-0.39, 0.29) is 5.82 Å². The second kappa shape index (κ2) is 6.12. The first-order valence-electron chi connectivity index (χ1n) is 5.05. The molecule has 0 aliphatic heterocycles. The summed E-state index contributed by atoms with van der Waals surface area (Å²) in [6.45, 7) is 0.451. The highest BCUT2D eigenvalue weighted by molar-refractivity contribution is 9.11. The molecule has 2 aromatic rings. The molecule has 2 nitrogen and oxygen atoms in total. The van der Waals surface area contributed by atoms with Crippen LogP contribution in [0, 0.1) is 5.82 Å². The lowest BCUT2D eigenvalue weighted by atomic mass is 10.3. The molecular formula is C12H8Br3FN2. The maximum Gasteiger partial charge on any atom is 0.147 e. The fourth-order valence-corrected chi connectivity index (χ4v) is 2.85. The van der Waals surface area contributed by atoms with Gasteiger partial charge in [-0.15, -0.1) is 0 Å². The average molecular weight is 439 g/mol. The summed E-state index contributed by atoms with van der Waals surface area (Å²) < 4.78 is 16.1. The molecule has 1 aromatic carbocycles. The number of pyridine rings is 1. The van der Waals surface area contributed by atoms with E-state index in [0.29, 0.717) is 16.7 Å². The van der Waals surface area contributed by atoms with Crippen molar-refractivity contribution < 1.29 is 4.39 Å². The highest BCUT2D eigenvalue weighted by Crippen LogP contribution is 2.23. The largest absolute Gasteiger partial charge is 0.377 e. The van der Waals surface area contributed by atoms with E-state index in [1.54, 1.807) is 18.3 Å². The summed E-state index contributed by atoms with van der Waals surface area (Å²) in [6.07, 6.45) is 1.71. The van der Waals surface area contributed by atoms with Crippen LogP contribution >= 0.6 is 47.8 Å². The molecule has 0 aliphatic rings. The Morgan fingerprint density at radius 1 is 1.11 bits per heavy atom. The summed E-state index contributed by atoms with van der Waals surface area (Å²) in [5.41, 5.74) is 1.27. The number of nitrogens with one attached hydrogen (secondary N) is 1. The van der Waals surface area contributed by atoms with Crippen LogP contribution in [0.15, 0.2) is 43.9 Å². The third-order valence-electron chi connectivity index (χ3n) is 2.26. The molecular weight excluding hydrogens is 431 g/mol. The zero-order valence-electron chi connectivity index (χ0n) is 9.05. The molecule has 2 rings (SSSR count). The summed E-state index contributed by atoms with van der Waals surface area (Å²) in [4.78, 5) is 4.25. The minimum Gasteiger partial charge on any atom is -0.377 e. The first-order chi connectivity index (χ1) is 8.56. The quantitative estimate of drug-likeness (QED) is 0.719. The standard InChI is InChI=1S/C12H8Br3FN2/c13-7-1-2-11(10(16)4-7)18-6-12-9(15)3-8(14)5-17-12/h1-5,18H,6H2. The second-order valence-electron chi connectivity index (χ2n) is 3.56. The molecule has 0 spiro atoms. The van der Waals surface area contributed by atoms with Gasteiger partial charge < -0.3 is 5.32 Å². The number of halogens is 4. The van der Waals surface area contributed by atoms with Crippen LogP contribution in [-0.4, -0.2) is 4.98 Å². The van der Waals surface area contributed by atoms with E-state index in [4.69, 9.17) is 0 Å². The molecule has 0 atom stereocenters. The van der Waals surface area contributed by atoms with E-state index in [1.165, 1.54) is 6.07 Å². The molecule has 0 radical (unpaired) electrons. The maximum absolute atomic E-state index is 13.6. The molecule has 0 aliphatic carbocycles. The number of hydrogen-bond donors (Lipinski definition) is 1. The molecule has 94 valence electrons. The number of rotatable bonds is 3. The van der Waals surface area contributed by atoms with Crippen molar-refractivity contribution in [3.63, 3.8) is 0 Å². The van der Waals surface area contributed by atoms with Gasteiger partial charge in [-0.2, -0.15) is 0 Å². The van der Waals surface area contributed by atoms with Crippen molar-refractivity contribution in [1.82, 2.24) is 4.98 Å². The second-order valence-corrected chi connectivity index (χ2v) is 6.25. The van der Waals surface area contributed by atoms with Crippen LogP contribution in [0.3, 0.4) is 0 Å². The molecule has 0 amide bonds. The van der Waals surface area contributed by atoms with Gasteiger partial charge in [-0.3, -0.25) is 4.98 Å². The van der Waals surface area contributed by atoms with Gasteiger partial charge in [0.25, 0.3) is 0 Å². The van der Waals surface area contributed by atoms with Crippen LogP contribution in [0.4, 0.5) is 10.1 Å². The predicted octanol–water partition coefficient (Wildman–Crippen LogP) is 5.12. The number of hydrogen-bond acceptors (Lipinski definition) is 2. The first kappa shape index (κ1) is 14.0. The fourth-order valence-electron chi connectivity index (χ4n) is 1.38. The van der Waals surface area contributed by atoms with Crippen molar-refractivity contribution in [2.75, 3.05) is 5.32 Å². The van der Waals surface area contributed by atoms with Crippen molar-refractivity contribution in [1.29, 1.82) is 0 Å². The molecule has 6 heteroatoms. The third kappa shape index (κ3) is 3.52. The summed E-state index contributed by atoms with van der Waals surface area (Å²) >= 11 is 9.97. The van der Waals surface area contributed by atoms with Crippen molar-refractivity contribution in [3.8, 4) is 0 Å². The zero-order chi connectivity index (χ0) is 13.1. The molecule has 0 bridgehead atoms. The molecule has 1 aromatic heterocycles. The molecule has 0 saturated carbocycles. The van der Waals surface area contributed by atoms with Gasteiger partial charge in [0.1, 0.15) is 5.82 Å². The van der Waals surface area contributed by atoms with Gasteiger partial charge in [-0.1, -0.05) is 15.9 Å². The Labute approximate surface area is 129 Å². The monoisotopic (exact) mass is 436 g/mol. The topological polar surface area (TPSA) is 24.9 Å². The first-order valence-corrected chi connectivity index (χ1v) is 7.43. The van der Waals surface area contributed by atoms with E-state index in [9.17, 15) is 4.39 Å². The van der Waals surface area contributed by atoms with Crippen LogP contribution < -0.4 is 5.32 Å². The van der Waals surface area contributed by atoms with Crippen LogP contribution in [0.5, 0.6) is 0 Å². The van der Waals surface area contributed by atoms with Crippen molar-refractivity contribution in [2.24, 2.45) is 0 Å². The van der Waals surface area contributed by atoms with Crippen LogP contribution in [0.2, 0.25) is 0 Å². The van der Waals surface area contributed by atoms with Gasteiger partial charge in [0.15, 0.2) is 0 Å². The third-order valence-corrected chi connectivity index (χ3v) is 3.87. The van der Waals surface area contributed by atoms with E-state index in [2.05, 4.69) is 58.1 Å². The highest BCUT2D eigenvalue weighted by atomic mass is 79.9. The Bertz CT molecular complexity index is 524. The van der Waals surface area contributed by atoms with Gasteiger partial charge in [0.05, 0.1) is 17.9 Å². The number of aromatic nitrogens is 1. The fraction of sp³-hybridized carbons (Fsp3) is 0.0833. The summed E-state index contributed by atoms with van der Waals surface area (Å²) in [7, 11) is 0. The average Bonchev–Trinajstić information content (AvgIpc) is 2.30. The van der Waals surface area contributed by atoms with E-state index in [0.717, 1.165) is 14.6 Å². The Kier molecular flexibility index (Phi) is 4.75. The predicted molar refractivity (Wildman–Crippen MR) is 81.1 cm³/mol. The smallest absolute Gasteiger partial charge is 0.147 e.